The van der Waals surface area contributed by atoms with Gasteiger partial charge >= 0.3 is 0 Å². The lowest BCUT2D eigenvalue weighted by atomic mass is 9.74. The molecule has 2 aliphatic rings. The first-order chi connectivity index (χ1) is 14.0. The van der Waals surface area contributed by atoms with Crippen molar-refractivity contribution in [3.05, 3.63) is 82.7 Å². The zero-order valence-electron chi connectivity index (χ0n) is 16.6. The van der Waals surface area contributed by atoms with Gasteiger partial charge in [0.15, 0.2) is 5.78 Å². The number of rotatable bonds is 4. The van der Waals surface area contributed by atoms with Gasteiger partial charge in [0, 0.05) is 45.5 Å². The van der Waals surface area contributed by atoms with Crippen molar-refractivity contribution < 1.29 is 9.59 Å². The summed E-state index contributed by atoms with van der Waals surface area (Å²) in [5, 5.41) is 0. The van der Waals surface area contributed by atoms with Crippen molar-refractivity contribution in [2.45, 2.75) is 37.0 Å². The number of Topliss-reactive ketones (excluding diaryl/α,β-unsaturated/α-hetero) is 1. The molecule has 0 saturated heterocycles. The lowest BCUT2D eigenvalue weighted by molar-refractivity contribution is -0.116. The Morgan fingerprint density at radius 1 is 1.07 bits per heavy atom. The van der Waals surface area contributed by atoms with Crippen molar-refractivity contribution in [1.82, 2.24) is 0 Å². The second-order valence-electron chi connectivity index (χ2n) is 7.38. The van der Waals surface area contributed by atoms with E-state index in [9.17, 15) is 9.59 Å². The highest BCUT2D eigenvalue weighted by Gasteiger charge is 2.41. The van der Waals surface area contributed by atoms with Gasteiger partial charge in [0.2, 0.25) is 5.91 Å². The Hall–Kier alpha value is -2.79. The fourth-order valence-electron chi connectivity index (χ4n) is 4.46. The number of amides is 1. The molecule has 1 aliphatic heterocycles. The first kappa shape index (κ1) is 19.5. The van der Waals surface area contributed by atoms with E-state index in [1.807, 2.05) is 67.8 Å². The molecular weight excluding hydrogens is 380 g/mol. The summed E-state index contributed by atoms with van der Waals surface area (Å²) >= 11 is 1.66. The fourth-order valence-corrected chi connectivity index (χ4v) is 4.87. The molecule has 1 unspecified atom stereocenters. The second kappa shape index (κ2) is 7.91. The van der Waals surface area contributed by atoms with Gasteiger partial charge in [-0.05, 0) is 55.9 Å². The molecule has 4 nitrogen and oxygen atoms in total. The molecule has 2 aromatic rings. The van der Waals surface area contributed by atoms with Gasteiger partial charge in [0.25, 0.3) is 0 Å². The molecule has 1 aliphatic carbocycles. The summed E-state index contributed by atoms with van der Waals surface area (Å²) in [7, 11) is 0. The smallest absolute Gasteiger partial charge is 0.247 e. The van der Waals surface area contributed by atoms with Gasteiger partial charge in [-0.15, -0.1) is 11.8 Å². The van der Waals surface area contributed by atoms with E-state index in [1.54, 1.807) is 11.8 Å². The number of para-hydroxylation sites is 1. The summed E-state index contributed by atoms with van der Waals surface area (Å²) < 4.78 is 0. The van der Waals surface area contributed by atoms with Crippen LogP contribution in [0.2, 0.25) is 0 Å². The van der Waals surface area contributed by atoms with Crippen LogP contribution in [-0.2, 0) is 9.59 Å². The largest absolute Gasteiger partial charge is 0.366 e. The molecule has 5 heteroatoms. The number of carbonyl (C=O) groups excluding carboxylic acids is 2. The van der Waals surface area contributed by atoms with E-state index in [-0.39, 0.29) is 5.78 Å². The van der Waals surface area contributed by atoms with Crippen molar-refractivity contribution in [1.29, 1.82) is 0 Å². The highest BCUT2D eigenvalue weighted by Crippen LogP contribution is 2.47. The summed E-state index contributed by atoms with van der Waals surface area (Å²) in [6, 6.07) is 18.0. The molecule has 1 heterocycles. The van der Waals surface area contributed by atoms with Crippen molar-refractivity contribution in [3.63, 3.8) is 0 Å². The minimum atomic E-state index is -0.479. The molecule has 4 rings (SSSR count). The van der Waals surface area contributed by atoms with Crippen LogP contribution >= 0.6 is 11.8 Å². The van der Waals surface area contributed by atoms with Crippen LogP contribution in [0, 0.1) is 0 Å². The summed E-state index contributed by atoms with van der Waals surface area (Å²) in [5.41, 5.74) is 10.8. The Bertz CT molecular complexity index is 1020. The van der Waals surface area contributed by atoms with Gasteiger partial charge in [-0.1, -0.05) is 30.3 Å². The molecule has 1 amide bonds. The van der Waals surface area contributed by atoms with E-state index in [1.165, 1.54) is 0 Å². The van der Waals surface area contributed by atoms with Crippen molar-refractivity contribution in [3.8, 4) is 0 Å². The molecule has 29 heavy (non-hydrogen) atoms. The van der Waals surface area contributed by atoms with Crippen LogP contribution in [0.3, 0.4) is 0 Å². The number of allylic oxidation sites excluding steroid dienone is 3. The molecule has 1 atom stereocenters. The monoisotopic (exact) mass is 404 g/mol. The predicted molar refractivity (Wildman–Crippen MR) is 118 cm³/mol. The Balaban J connectivity index is 1.96. The lowest BCUT2D eigenvalue weighted by Crippen LogP contribution is -2.38. The lowest BCUT2D eigenvalue weighted by Gasteiger charge is -2.41. The molecule has 0 radical (unpaired) electrons. The van der Waals surface area contributed by atoms with E-state index in [0.717, 1.165) is 46.0 Å². The third-order valence-corrected chi connectivity index (χ3v) is 6.47. The molecule has 2 N–H and O–H groups in total. The van der Waals surface area contributed by atoms with Gasteiger partial charge in [-0.2, -0.15) is 0 Å². The molecule has 0 spiro atoms. The van der Waals surface area contributed by atoms with Crippen LogP contribution in [0.1, 0.15) is 37.7 Å². The third-order valence-electron chi connectivity index (χ3n) is 5.73. The first-order valence-electron chi connectivity index (χ1n) is 9.79. The number of primary amides is 1. The molecule has 0 saturated carbocycles. The predicted octanol–water partition coefficient (Wildman–Crippen LogP) is 4.78. The van der Waals surface area contributed by atoms with Gasteiger partial charge in [0.05, 0.1) is 0 Å². The SMILES string of the molecule is CSc1ccc(C2C(C(N)=O)=C(C)N(c3ccccc3)C3=C2C(=O)CCC3)cc1. The number of thioether (sulfide) groups is 1. The van der Waals surface area contributed by atoms with E-state index in [4.69, 9.17) is 5.73 Å². The van der Waals surface area contributed by atoms with E-state index < -0.39 is 11.8 Å². The number of ketones is 1. The number of anilines is 1. The number of hydrogen-bond donors (Lipinski definition) is 1. The highest BCUT2D eigenvalue weighted by molar-refractivity contribution is 7.98. The minimum absolute atomic E-state index is 0.109. The van der Waals surface area contributed by atoms with Crippen LogP contribution in [-0.4, -0.2) is 17.9 Å². The number of nitrogens with two attached hydrogens (primary N) is 1. The molecule has 2 aromatic carbocycles. The summed E-state index contributed by atoms with van der Waals surface area (Å²) in [5.74, 6) is -0.782. The molecule has 0 bridgehead atoms. The van der Waals surface area contributed by atoms with Gasteiger partial charge < -0.3 is 10.6 Å². The van der Waals surface area contributed by atoms with Gasteiger partial charge in [-0.25, -0.2) is 0 Å². The summed E-state index contributed by atoms with van der Waals surface area (Å²) in [6.45, 7) is 1.93. The minimum Gasteiger partial charge on any atom is -0.366 e. The van der Waals surface area contributed by atoms with Crippen LogP contribution in [0.15, 0.2) is 82.0 Å². The number of benzene rings is 2. The zero-order valence-corrected chi connectivity index (χ0v) is 17.5. The van der Waals surface area contributed by atoms with Crippen LogP contribution in [0.25, 0.3) is 0 Å². The van der Waals surface area contributed by atoms with E-state index >= 15 is 0 Å². The summed E-state index contributed by atoms with van der Waals surface area (Å²) in [4.78, 5) is 28.9. The van der Waals surface area contributed by atoms with Crippen molar-refractivity contribution >= 4 is 29.1 Å². The first-order valence-corrected chi connectivity index (χ1v) is 11.0. The quantitative estimate of drug-likeness (QED) is 0.745. The highest BCUT2D eigenvalue weighted by atomic mass is 32.2. The molecular formula is C24H24N2O2S. The zero-order chi connectivity index (χ0) is 20.5. The van der Waals surface area contributed by atoms with Crippen molar-refractivity contribution in [2.75, 3.05) is 11.2 Å². The Morgan fingerprint density at radius 3 is 2.38 bits per heavy atom. The Labute approximate surface area is 175 Å². The standard InChI is InChI=1S/C24H24N2O2S/c1-15-21(24(25)28)22(16-11-13-18(29-2)14-12-16)23-19(9-6-10-20(23)27)26(15)17-7-4-3-5-8-17/h3-5,7-8,11-14,22H,6,9-10H2,1-2H3,(H2,25,28). The second-order valence-corrected chi connectivity index (χ2v) is 8.26. The number of carbonyl (C=O) groups is 2. The maximum Gasteiger partial charge on any atom is 0.247 e. The molecule has 148 valence electrons. The average Bonchev–Trinajstić information content (AvgIpc) is 2.73. The topological polar surface area (TPSA) is 63.4 Å². The van der Waals surface area contributed by atoms with E-state index in [2.05, 4.69) is 4.90 Å². The fraction of sp³-hybridized carbons (Fsp3) is 0.250. The average molecular weight is 405 g/mol. The molecule has 0 aromatic heterocycles. The maximum absolute atomic E-state index is 13.1. The van der Waals surface area contributed by atoms with Crippen LogP contribution in [0.5, 0.6) is 0 Å². The van der Waals surface area contributed by atoms with Crippen LogP contribution in [0.4, 0.5) is 5.69 Å². The van der Waals surface area contributed by atoms with Crippen LogP contribution < -0.4 is 10.6 Å². The van der Waals surface area contributed by atoms with Gasteiger partial charge in [0.1, 0.15) is 0 Å². The van der Waals surface area contributed by atoms with E-state index in [0.29, 0.717) is 12.0 Å². The Morgan fingerprint density at radius 2 is 1.76 bits per heavy atom. The normalized spacial score (nSPS) is 19.4. The third kappa shape index (κ3) is 3.40. The summed E-state index contributed by atoms with van der Waals surface area (Å²) in [6.07, 6.45) is 4.15. The number of hydrogen-bond acceptors (Lipinski definition) is 4. The maximum atomic E-state index is 13.1. The van der Waals surface area contributed by atoms with Gasteiger partial charge in [-0.3, -0.25) is 9.59 Å². The van der Waals surface area contributed by atoms with Crippen molar-refractivity contribution in [2.24, 2.45) is 5.73 Å². The molecule has 0 fully saturated rings. The Kier molecular flexibility index (Phi) is 5.33. The number of nitrogens with zero attached hydrogens (tertiary/aromatic N) is 1.